The van der Waals surface area contributed by atoms with E-state index in [0.29, 0.717) is 17.4 Å². The van der Waals surface area contributed by atoms with E-state index in [1.165, 1.54) is 83.5 Å². The molecule has 0 radical (unpaired) electrons. The van der Waals surface area contributed by atoms with Crippen LogP contribution in [0.15, 0.2) is 12.1 Å². The van der Waals surface area contributed by atoms with Gasteiger partial charge < -0.3 is 4.74 Å². The van der Waals surface area contributed by atoms with E-state index >= 15 is 0 Å². The Kier molecular flexibility index (Phi) is 10.2. The topological polar surface area (TPSA) is 9.23 Å². The van der Waals surface area contributed by atoms with Gasteiger partial charge in [0.1, 0.15) is 0 Å². The maximum absolute atomic E-state index is 14.3. The number of halogens is 5. The van der Waals surface area contributed by atoms with Crippen molar-refractivity contribution in [2.24, 2.45) is 29.6 Å². The Morgan fingerprint density at radius 2 is 1.27 bits per heavy atom. The second kappa shape index (κ2) is 13.2. The van der Waals surface area contributed by atoms with Gasteiger partial charge >= 0.3 is 6.36 Å². The Balaban J connectivity index is 1.19. The van der Waals surface area contributed by atoms with Crippen molar-refractivity contribution in [1.82, 2.24) is 0 Å². The number of fused-ring (bicyclic) bond motifs is 1. The second-order valence-corrected chi connectivity index (χ2v) is 12.4. The molecule has 210 valence electrons. The summed E-state index contributed by atoms with van der Waals surface area (Å²) in [5.41, 5.74) is 0.464. The third-order valence-electron chi connectivity index (χ3n) is 9.85. The summed E-state index contributed by atoms with van der Waals surface area (Å²) in [6, 6.07) is 2.08. The molecule has 0 bridgehead atoms. The highest BCUT2D eigenvalue weighted by molar-refractivity contribution is 5.33. The molecule has 1 aromatic carbocycles. The quantitative estimate of drug-likeness (QED) is 0.217. The Labute approximate surface area is 219 Å². The highest BCUT2D eigenvalue weighted by Gasteiger charge is 2.38. The van der Waals surface area contributed by atoms with E-state index in [1.807, 2.05) is 0 Å². The van der Waals surface area contributed by atoms with Crippen molar-refractivity contribution in [3.8, 4) is 5.75 Å². The van der Waals surface area contributed by atoms with Crippen LogP contribution in [0, 0.1) is 41.2 Å². The monoisotopic (exact) mass is 528 g/mol. The van der Waals surface area contributed by atoms with Gasteiger partial charge in [0, 0.05) is 0 Å². The van der Waals surface area contributed by atoms with Crippen LogP contribution in [0.25, 0.3) is 0 Å². The molecule has 37 heavy (non-hydrogen) atoms. The average Bonchev–Trinajstić information content (AvgIpc) is 2.87. The molecule has 0 spiro atoms. The van der Waals surface area contributed by atoms with Crippen molar-refractivity contribution in [3.05, 3.63) is 29.3 Å². The lowest BCUT2D eigenvalue weighted by atomic mass is 9.63. The van der Waals surface area contributed by atoms with Crippen LogP contribution in [0.4, 0.5) is 22.0 Å². The second-order valence-electron chi connectivity index (χ2n) is 12.4. The van der Waals surface area contributed by atoms with Crippen LogP contribution in [0.1, 0.15) is 128 Å². The summed E-state index contributed by atoms with van der Waals surface area (Å²) in [5.74, 6) is 0.00525. The minimum absolute atomic E-state index is 0.00102. The zero-order valence-electron chi connectivity index (χ0n) is 22.4. The average molecular weight is 529 g/mol. The van der Waals surface area contributed by atoms with Crippen LogP contribution < -0.4 is 4.74 Å². The van der Waals surface area contributed by atoms with Gasteiger partial charge in [0.2, 0.25) is 5.75 Å². The number of rotatable bonds is 10. The fraction of sp³-hybridized carbons (Fsp3) is 0.806. The predicted molar refractivity (Wildman–Crippen MR) is 137 cm³/mol. The van der Waals surface area contributed by atoms with Gasteiger partial charge in [0.15, 0.2) is 11.6 Å². The summed E-state index contributed by atoms with van der Waals surface area (Å²) >= 11 is 0. The molecule has 3 aliphatic carbocycles. The molecule has 0 aromatic heterocycles. The SMILES string of the molecule is CCCCCCC1CCC(CCC2CCC3CC(c4cc(F)c(OC(F)(F)F)c(F)c4)CCC3C2)CC1. The molecule has 0 amide bonds. The minimum Gasteiger partial charge on any atom is -0.399 e. The van der Waals surface area contributed by atoms with E-state index < -0.39 is 23.7 Å². The largest absolute Gasteiger partial charge is 0.573 e. The molecule has 3 fully saturated rings. The summed E-state index contributed by atoms with van der Waals surface area (Å²) in [6.07, 6.45) is 16.7. The number of unbranched alkanes of at least 4 members (excludes halogenated alkanes) is 3. The third-order valence-corrected chi connectivity index (χ3v) is 9.85. The molecule has 6 heteroatoms. The van der Waals surface area contributed by atoms with Crippen molar-refractivity contribution in [1.29, 1.82) is 0 Å². The Morgan fingerprint density at radius 1 is 0.703 bits per heavy atom. The Bertz CT molecular complexity index is 821. The summed E-state index contributed by atoms with van der Waals surface area (Å²) in [6.45, 7) is 2.27. The van der Waals surface area contributed by atoms with Crippen molar-refractivity contribution in [2.45, 2.75) is 128 Å². The van der Waals surface area contributed by atoms with Gasteiger partial charge in [0.05, 0.1) is 0 Å². The van der Waals surface area contributed by atoms with Gasteiger partial charge in [-0.3, -0.25) is 0 Å². The summed E-state index contributed by atoms with van der Waals surface area (Å²) in [4.78, 5) is 0. The molecule has 4 rings (SSSR count). The third kappa shape index (κ3) is 8.33. The van der Waals surface area contributed by atoms with E-state index in [1.54, 1.807) is 0 Å². The highest BCUT2D eigenvalue weighted by Crippen LogP contribution is 2.49. The van der Waals surface area contributed by atoms with E-state index in [9.17, 15) is 22.0 Å². The highest BCUT2D eigenvalue weighted by atomic mass is 19.4. The zero-order chi connectivity index (χ0) is 26.4. The van der Waals surface area contributed by atoms with Gasteiger partial charge in [-0.1, -0.05) is 84.0 Å². The fourth-order valence-electron chi connectivity index (χ4n) is 7.72. The molecule has 3 aliphatic rings. The van der Waals surface area contributed by atoms with Crippen molar-refractivity contribution >= 4 is 0 Å². The molecule has 1 nitrogen and oxygen atoms in total. The molecule has 1 aromatic rings. The van der Waals surface area contributed by atoms with Gasteiger partial charge in [0.25, 0.3) is 0 Å². The smallest absolute Gasteiger partial charge is 0.399 e. The maximum Gasteiger partial charge on any atom is 0.573 e. The predicted octanol–water partition coefficient (Wildman–Crippen LogP) is 10.7. The van der Waals surface area contributed by atoms with Gasteiger partial charge in [-0.25, -0.2) is 8.78 Å². The van der Waals surface area contributed by atoms with Gasteiger partial charge in [-0.2, -0.15) is 0 Å². The molecule has 0 aliphatic heterocycles. The normalized spacial score (nSPS) is 30.6. The van der Waals surface area contributed by atoms with Gasteiger partial charge in [-0.15, -0.1) is 13.2 Å². The first-order valence-electron chi connectivity index (χ1n) is 15.0. The number of hydrogen-bond acceptors (Lipinski definition) is 1. The van der Waals surface area contributed by atoms with E-state index in [-0.39, 0.29) is 5.92 Å². The minimum atomic E-state index is -5.12. The molecule has 0 saturated heterocycles. The number of hydrogen-bond donors (Lipinski definition) is 0. The summed E-state index contributed by atoms with van der Waals surface area (Å²) in [5, 5.41) is 0. The van der Waals surface area contributed by atoms with Crippen LogP contribution in [-0.4, -0.2) is 6.36 Å². The molecular weight excluding hydrogens is 483 g/mol. The summed E-state index contributed by atoms with van der Waals surface area (Å²) < 4.78 is 69.4. The van der Waals surface area contributed by atoms with Crippen molar-refractivity contribution in [3.63, 3.8) is 0 Å². The van der Waals surface area contributed by atoms with Crippen LogP contribution in [0.5, 0.6) is 5.75 Å². The standard InChI is InChI=1S/C31H45F5O/c1-2-3-4-5-6-21-7-9-22(10-8-21)11-12-23-13-14-25-18-26(16-15-24(25)17-23)27-19-28(32)30(29(33)20-27)37-31(34,35)36/h19-26H,2-18H2,1H3. The van der Waals surface area contributed by atoms with Crippen LogP contribution in [0.2, 0.25) is 0 Å². The van der Waals surface area contributed by atoms with Gasteiger partial charge in [-0.05, 0) is 85.3 Å². The molecular formula is C31H45F5O. The first kappa shape index (κ1) is 28.7. The molecule has 3 saturated carbocycles. The molecule has 4 atom stereocenters. The molecule has 0 heterocycles. The Hall–Kier alpha value is -1.33. The number of ether oxygens (including phenoxy) is 1. The lowest BCUT2D eigenvalue weighted by molar-refractivity contribution is -0.276. The Morgan fingerprint density at radius 3 is 1.92 bits per heavy atom. The lowest BCUT2D eigenvalue weighted by Gasteiger charge is -2.43. The van der Waals surface area contributed by atoms with Crippen molar-refractivity contribution < 1.29 is 26.7 Å². The van der Waals surface area contributed by atoms with E-state index in [2.05, 4.69) is 11.7 Å². The molecule has 0 N–H and O–H groups in total. The number of benzene rings is 1. The fourth-order valence-corrected chi connectivity index (χ4v) is 7.72. The van der Waals surface area contributed by atoms with Crippen LogP contribution in [-0.2, 0) is 0 Å². The first-order chi connectivity index (χ1) is 17.7. The number of alkyl halides is 3. The molecule has 4 unspecified atom stereocenters. The first-order valence-corrected chi connectivity index (χ1v) is 15.0. The van der Waals surface area contributed by atoms with Crippen LogP contribution in [0.3, 0.4) is 0 Å². The van der Waals surface area contributed by atoms with E-state index in [0.717, 1.165) is 55.6 Å². The van der Waals surface area contributed by atoms with Crippen LogP contribution >= 0.6 is 0 Å². The summed E-state index contributed by atoms with van der Waals surface area (Å²) in [7, 11) is 0. The maximum atomic E-state index is 14.3. The van der Waals surface area contributed by atoms with E-state index in [4.69, 9.17) is 0 Å². The van der Waals surface area contributed by atoms with Crippen molar-refractivity contribution in [2.75, 3.05) is 0 Å². The zero-order valence-corrected chi connectivity index (χ0v) is 22.4. The lowest BCUT2D eigenvalue weighted by Crippen LogP contribution is -2.31.